The van der Waals surface area contributed by atoms with Crippen LogP contribution < -0.4 is 0 Å². The first-order chi connectivity index (χ1) is 14.0. The van der Waals surface area contributed by atoms with E-state index in [1.54, 1.807) is 22.8 Å². The van der Waals surface area contributed by atoms with Crippen LogP contribution in [0.25, 0.3) is 17.1 Å². The number of nitrogens with zero attached hydrogens (tertiary/aromatic N) is 5. The predicted molar refractivity (Wildman–Crippen MR) is 111 cm³/mol. The van der Waals surface area contributed by atoms with Gasteiger partial charge in [-0.15, -0.1) is 10.2 Å². The normalized spacial score (nSPS) is 10.8. The summed E-state index contributed by atoms with van der Waals surface area (Å²) in [5.74, 6) is 0.439. The Bertz CT molecular complexity index is 1200. The number of pyridine rings is 1. The van der Waals surface area contributed by atoms with Crippen LogP contribution in [0.15, 0.2) is 81.5 Å². The molecule has 0 unspecified atom stereocenters. The van der Waals surface area contributed by atoms with Gasteiger partial charge in [-0.2, -0.15) is 0 Å². The van der Waals surface area contributed by atoms with E-state index in [0.29, 0.717) is 16.5 Å². The summed E-state index contributed by atoms with van der Waals surface area (Å²) < 4.78 is 2.49. The standard InChI is InChI=1S/C19H12BrN5O3S/c20-12-8-9-16(26)14(11-12)17-22-23-19(24(17)13-5-2-1-3-6-13)29-18-15(25(27)28)7-4-10-21-18/h1-11,26H. The fraction of sp³-hybridized carbons (Fsp3) is 0. The SMILES string of the molecule is O=[N+]([O-])c1cccnc1Sc1nnc(-c2cc(Br)ccc2O)n1-c1ccccc1. The van der Waals surface area contributed by atoms with Crippen LogP contribution in [0.4, 0.5) is 5.69 Å². The second-order valence-electron chi connectivity index (χ2n) is 5.83. The average molecular weight is 470 g/mol. The summed E-state index contributed by atoms with van der Waals surface area (Å²) in [7, 11) is 0. The molecule has 0 bridgehead atoms. The third-order valence-electron chi connectivity index (χ3n) is 3.98. The number of hydrogen-bond donors (Lipinski definition) is 1. The molecule has 144 valence electrons. The van der Waals surface area contributed by atoms with Crippen molar-refractivity contribution in [1.82, 2.24) is 19.7 Å². The van der Waals surface area contributed by atoms with E-state index in [4.69, 9.17) is 0 Å². The van der Waals surface area contributed by atoms with Gasteiger partial charge in [-0.05, 0) is 48.2 Å². The van der Waals surface area contributed by atoms with Crippen molar-refractivity contribution in [3.63, 3.8) is 0 Å². The van der Waals surface area contributed by atoms with Crippen molar-refractivity contribution < 1.29 is 10.0 Å². The van der Waals surface area contributed by atoms with Gasteiger partial charge in [0.1, 0.15) is 5.75 Å². The molecule has 2 heterocycles. The van der Waals surface area contributed by atoms with Crippen LogP contribution in [0.2, 0.25) is 0 Å². The number of halogens is 1. The second kappa shape index (κ2) is 8.02. The number of aromatic hydroxyl groups is 1. The minimum atomic E-state index is -0.487. The topological polar surface area (TPSA) is 107 Å². The molecule has 0 saturated carbocycles. The van der Waals surface area contributed by atoms with Gasteiger partial charge in [0.15, 0.2) is 10.9 Å². The summed E-state index contributed by atoms with van der Waals surface area (Å²) >= 11 is 4.43. The van der Waals surface area contributed by atoms with E-state index < -0.39 is 4.92 Å². The Morgan fingerprint density at radius 2 is 1.86 bits per heavy atom. The molecule has 8 nitrogen and oxygen atoms in total. The van der Waals surface area contributed by atoms with Crippen molar-refractivity contribution in [3.05, 3.63) is 81.4 Å². The lowest BCUT2D eigenvalue weighted by molar-refractivity contribution is -0.388. The molecule has 0 spiro atoms. The Balaban J connectivity index is 1.89. The zero-order valence-electron chi connectivity index (χ0n) is 14.6. The van der Waals surface area contributed by atoms with E-state index in [2.05, 4.69) is 31.1 Å². The van der Waals surface area contributed by atoms with Gasteiger partial charge in [-0.1, -0.05) is 34.1 Å². The van der Waals surface area contributed by atoms with E-state index in [-0.39, 0.29) is 16.5 Å². The molecule has 0 atom stereocenters. The van der Waals surface area contributed by atoms with Gasteiger partial charge in [0.25, 0.3) is 0 Å². The van der Waals surface area contributed by atoms with Gasteiger partial charge in [0.2, 0.25) is 5.16 Å². The third kappa shape index (κ3) is 3.84. The van der Waals surface area contributed by atoms with Crippen molar-refractivity contribution >= 4 is 33.4 Å². The maximum Gasteiger partial charge on any atom is 0.301 e. The molecule has 0 aliphatic heterocycles. The van der Waals surface area contributed by atoms with E-state index in [1.807, 2.05) is 30.3 Å². The van der Waals surface area contributed by atoms with E-state index in [9.17, 15) is 15.2 Å². The van der Waals surface area contributed by atoms with Crippen LogP contribution in [0.1, 0.15) is 0 Å². The van der Waals surface area contributed by atoms with Crippen molar-refractivity contribution in [2.45, 2.75) is 10.2 Å². The summed E-state index contributed by atoms with van der Waals surface area (Å²) in [6, 6.07) is 17.2. The lowest BCUT2D eigenvalue weighted by Crippen LogP contribution is -2.00. The molecule has 0 saturated heterocycles. The number of nitro groups is 1. The van der Waals surface area contributed by atoms with Crippen LogP contribution in [-0.4, -0.2) is 29.8 Å². The summed E-state index contributed by atoms with van der Waals surface area (Å²) in [6.45, 7) is 0. The van der Waals surface area contributed by atoms with Gasteiger partial charge >= 0.3 is 5.69 Å². The Kier molecular flexibility index (Phi) is 5.28. The third-order valence-corrected chi connectivity index (χ3v) is 5.43. The number of rotatable bonds is 5. The highest BCUT2D eigenvalue weighted by Crippen LogP contribution is 2.37. The van der Waals surface area contributed by atoms with Crippen molar-refractivity contribution in [1.29, 1.82) is 0 Å². The maximum absolute atomic E-state index is 11.3. The first kappa shape index (κ1) is 19.1. The smallest absolute Gasteiger partial charge is 0.301 e. The van der Waals surface area contributed by atoms with Gasteiger partial charge in [0.05, 0.1) is 10.5 Å². The lowest BCUT2D eigenvalue weighted by atomic mass is 10.2. The van der Waals surface area contributed by atoms with Crippen molar-refractivity contribution in [3.8, 4) is 22.8 Å². The Morgan fingerprint density at radius 3 is 2.62 bits per heavy atom. The zero-order chi connectivity index (χ0) is 20.4. The summed E-state index contributed by atoms with van der Waals surface area (Å²) in [5, 5.41) is 30.8. The molecular formula is C19H12BrN5O3S. The summed E-state index contributed by atoms with van der Waals surface area (Å²) in [5.41, 5.74) is 1.10. The first-order valence-electron chi connectivity index (χ1n) is 8.31. The number of hydrogen-bond acceptors (Lipinski definition) is 7. The molecule has 0 aliphatic rings. The quantitative estimate of drug-likeness (QED) is 0.328. The molecule has 2 aromatic heterocycles. The Hall–Kier alpha value is -3.24. The maximum atomic E-state index is 11.3. The second-order valence-corrected chi connectivity index (χ2v) is 7.70. The van der Waals surface area contributed by atoms with Crippen molar-refractivity contribution in [2.75, 3.05) is 0 Å². The highest BCUT2D eigenvalue weighted by molar-refractivity contribution is 9.10. The van der Waals surface area contributed by atoms with Crippen LogP contribution >= 0.6 is 27.7 Å². The fourth-order valence-electron chi connectivity index (χ4n) is 2.69. The van der Waals surface area contributed by atoms with Crippen LogP contribution in [0.3, 0.4) is 0 Å². The van der Waals surface area contributed by atoms with E-state index >= 15 is 0 Å². The molecule has 1 N–H and O–H groups in total. The molecule has 0 amide bonds. The molecule has 4 aromatic rings. The Morgan fingerprint density at radius 1 is 1.07 bits per heavy atom. The van der Waals surface area contributed by atoms with Crippen LogP contribution in [0, 0.1) is 10.1 Å². The molecule has 0 radical (unpaired) electrons. The summed E-state index contributed by atoms with van der Waals surface area (Å²) in [4.78, 5) is 15.0. The molecular weight excluding hydrogens is 458 g/mol. The Labute approximate surface area is 177 Å². The molecule has 2 aromatic carbocycles. The minimum Gasteiger partial charge on any atom is -0.507 e. The lowest BCUT2D eigenvalue weighted by Gasteiger charge is -2.11. The fourth-order valence-corrected chi connectivity index (χ4v) is 3.95. The van der Waals surface area contributed by atoms with Crippen LogP contribution in [-0.2, 0) is 0 Å². The minimum absolute atomic E-state index is 0.0400. The number of phenols is 1. The van der Waals surface area contributed by atoms with E-state index in [1.165, 1.54) is 18.3 Å². The molecule has 10 heteroatoms. The van der Waals surface area contributed by atoms with Gasteiger partial charge in [0, 0.05) is 22.4 Å². The number of para-hydroxylation sites is 1. The monoisotopic (exact) mass is 469 g/mol. The van der Waals surface area contributed by atoms with Gasteiger partial charge in [-0.25, -0.2) is 4.98 Å². The molecule has 0 aliphatic carbocycles. The average Bonchev–Trinajstić information content (AvgIpc) is 3.14. The highest BCUT2D eigenvalue weighted by Gasteiger charge is 2.23. The number of aromatic nitrogens is 4. The summed E-state index contributed by atoms with van der Waals surface area (Å²) in [6.07, 6.45) is 1.49. The van der Waals surface area contributed by atoms with E-state index in [0.717, 1.165) is 21.9 Å². The molecule has 29 heavy (non-hydrogen) atoms. The molecule has 4 rings (SSSR count). The van der Waals surface area contributed by atoms with Gasteiger partial charge in [-0.3, -0.25) is 14.7 Å². The predicted octanol–water partition coefficient (Wildman–Crippen LogP) is 4.86. The van der Waals surface area contributed by atoms with Crippen LogP contribution in [0.5, 0.6) is 5.75 Å². The number of benzene rings is 2. The zero-order valence-corrected chi connectivity index (χ0v) is 17.0. The first-order valence-corrected chi connectivity index (χ1v) is 9.92. The number of phenolic OH excluding ortho intramolecular Hbond substituents is 1. The highest BCUT2D eigenvalue weighted by atomic mass is 79.9. The largest absolute Gasteiger partial charge is 0.507 e. The van der Waals surface area contributed by atoms with Crippen molar-refractivity contribution in [2.24, 2.45) is 0 Å². The molecule has 0 fully saturated rings. The van der Waals surface area contributed by atoms with Gasteiger partial charge < -0.3 is 5.11 Å².